The van der Waals surface area contributed by atoms with Crippen LogP contribution in [-0.4, -0.2) is 49.4 Å². The third kappa shape index (κ3) is 2.61. The van der Waals surface area contributed by atoms with Crippen molar-refractivity contribution in [2.45, 2.75) is 25.7 Å². The maximum atomic E-state index is 12.1. The van der Waals surface area contributed by atoms with Gasteiger partial charge in [-0.1, -0.05) is 0 Å². The largest absolute Gasteiger partial charge is 0.344 e. The zero-order valence-corrected chi connectivity index (χ0v) is 10.8. The first kappa shape index (κ1) is 12.4. The lowest BCUT2D eigenvalue weighted by Crippen LogP contribution is -2.40. The molecule has 4 heteroatoms. The molecule has 0 aromatic carbocycles. The zero-order chi connectivity index (χ0) is 12.5. The van der Waals surface area contributed by atoms with E-state index in [1.165, 1.54) is 0 Å². The van der Waals surface area contributed by atoms with Gasteiger partial charge in [-0.15, -0.1) is 0 Å². The third-order valence-corrected chi connectivity index (χ3v) is 4.09. The van der Waals surface area contributed by atoms with Crippen LogP contribution in [0.25, 0.3) is 0 Å². The first-order valence-corrected chi connectivity index (χ1v) is 6.43. The lowest BCUT2D eigenvalue weighted by atomic mass is 9.96. The van der Waals surface area contributed by atoms with Gasteiger partial charge in [0.25, 0.3) is 0 Å². The summed E-state index contributed by atoms with van der Waals surface area (Å²) in [6.45, 7) is 3.06. The van der Waals surface area contributed by atoms with Crippen LogP contribution in [0.1, 0.15) is 25.7 Å². The molecule has 1 amide bonds. The molecular formula is C13H21N3O. The van der Waals surface area contributed by atoms with Gasteiger partial charge in [-0.25, -0.2) is 0 Å². The third-order valence-electron chi connectivity index (χ3n) is 4.09. The fraction of sp³-hybridized carbons (Fsp3) is 0.846. The summed E-state index contributed by atoms with van der Waals surface area (Å²) < 4.78 is 0. The fourth-order valence-corrected chi connectivity index (χ4v) is 2.58. The molecule has 0 radical (unpaired) electrons. The predicted octanol–water partition coefficient (Wildman–Crippen LogP) is 1.09. The van der Waals surface area contributed by atoms with Gasteiger partial charge in [-0.05, 0) is 51.7 Å². The van der Waals surface area contributed by atoms with Crippen molar-refractivity contribution in [2.24, 2.45) is 11.3 Å². The molecule has 2 aliphatic rings. The number of likely N-dealkylation sites (tertiary alicyclic amines) is 1. The number of hydrogen-bond acceptors (Lipinski definition) is 3. The molecule has 1 saturated heterocycles. The highest BCUT2D eigenvalue weighted by Crippen LogP contribution is 2.46. The van der Waals surface area contributed by atoms with Crippen LogP contribution in [0.3, 0.4) is 0 Å². The molecule has 0 aromatic rings. The number of nitriles is 1. The van der Waals surface area contributed by atoms with Crippen molar-refractivity contribution in [1.82, 2.24) is 9.80 Å². The van der Waals surface area contributed by atoms with Crippen LogP contribution in [0.5, 0.6) is 0 Å². The van der Waals surface area contributed by atoms with E-state index >= 15 is 0 Å². The maximum absolute atomic E-state index is 12.1. The monoisotopic (exact) mass is 235 g/mol. The minimum atomic E-state index is -0.653. The Bertz CT molecular complexity index is 335. The minimum Gasteiger partial charge on any atom is -0.344 e. The second-order valence-corrected chi connectivity index (χ2v) is 5.63. The van der Waals surface area contributed by atoms with Crippen LogP contribution in [0.2, 0.25) is 0 Å². The molecular weight excluding hydrogens is 214 g/mol. The molecule has 2 fully saturated rings. The Morgan fingerprint density at radius 1 is 1.47 bits per heavy atom. The molecule has 4 nitrogen and oxygen atoms in total. The van der Waals surface area contributed by atoms with Crippen molar-refractivity contribution < 1.29 is 4.79 Å². The van der Waals surface area contributed by atoms with Crippen LogP contribution in [0.4, 0.5) is 0 Å². The van der Waals surface area contributed by atoms with E-state index in [2.05, 4.69) is 18.0 Å². The molecule has 1 saturated carbocycles. The molecule has 94 valence electrons. The van der Waals surface area contributed by atoms with E-state index in [1.807, 2.05) is 7.05 Å². The Morgan fingerprint density at radius 3 is 2.53 bits per heavy atom. The van der Waals surface area contributed by atoms with Crippen molar-refractivity contribution in [3.63, 3.8) is 0 Å². The Morgan fingerprint density at radius 2 is 2.06 bits per heavy atom. The maximum Gasteiger partial charge on any atom is 0.242 e. The van der Waals surface area contributed by atoms with Gasteiger partial charge in [0.2, 0.25) is 5.91 Å². The molecule has 2 rings (SSSR count). The van der Waals surface area contributed by atoms with Gasteiger partial charge in [0.15, 0.2) is 0 Å². The number of piperidine rings is 1. The second kappa shape index (κ2) is 4.66. The van der Waals surface area contributed by atoms with Crippen LogP contribution in [0, 0.1) is 22.7 Å². The highest BCUT2D eigenvalue weighted by molar-refractivity contribution is 5.88. The van der Waals surface area contributed by atoms with Crippen molar-refractivity contribution in [3.8, 4) is 6.07 Å². The van der Waals surface area contributed by atoms with E-state index in [4.69, 9.17) is 5.26 Å². The normalized spacial score (nSPS) is 24.1. The lowest BCUT2D eigenvalue weighted by molar-refractivity contribution is -0.134. The Hall–Kier alpha value is -1.08. The Labute approximate surface area is 103 Å². The topological polar surface area (TPSA) is 47.3 Å². The summed E-state index contributed by atoms with van der Waals surface area (Å²) in [6.07, 6.45) is 3.82. The smallest absolute Gasteiger partial charge is 0.242 e. The van der Waals surface area contributed by atoms with Gasteiger partial charge in [0, 0.05) is 13.6 Å². The summed E-state index contributed by atoms with van der Waals surface area (Å²) >= 11 is 0. The molecule has 0 aromatic heterocycles. The number of hydrogen-bond donors (Lipinski definition) is 0. The quantitative estimate of drug-likeness (QED) is 0.735. The average Bonchev–Trinajstić information content (AvgIpc) is 3.12. The summed E-state index contributed by atoms with van der Waals surface area (Å²) in [7, 11) is 3.98. The number of rotatable bonds is 3. The minimum absolute atomic E-state index is 0.0407. The van der Waals surface area contributed by atoms with E-state index in [-0.39, 0.29) is 5.91 Å². The highest BCUT2D eigenvalue weighted by atomic mass is 16.2. The van der Waals surface area contributed by atoms with Gasteiger partial charge in [-0.3, -0.25) is 4.79 Å². The number of amides is 1. The molecule has 1 heterocycles. The van der Waals surface area contributed by atoms with Crippen LogP contribution < -0.4 is 0 Å². The lowest BCUT2D eigenvalue weighted by Gasteiger charge is -2.32. The van der Waals surface area contributed by atoms with Crippen LogP contribution >= 0.6 is 0 Å². The SMILES string of the molecule is CN1CCC(CN(C)C(=O)C2(C#N)CC2)CC1. The Kier molecular flexibility index (Phi) is 3.39. The number of carbonyl (C=O) groups excluding carboxylic acids is 1. The first-order chi connectivity index (χ1) is 8.07. The van der Waals surface area contributed by atoms with E-state index in [9.17, 15) is 4.79 Å². The summed E-state index contributed by atoms with van der Waals surface area (Å²) in [4.78, 5) is 16.2. The van der Waals surface area contributed by atoms with Gasteiger partial charge in [0.1, 0.15) is 5.41 Å². The van der Waals surface area contributed by atoms with Crippen molar-refractivity contribution in [3.05, 3.63) is 0 Å². The molecule has 1 aliphatic carbocycles. The molecule has 0 unspecified atom stereocenters. The molecule has 0 N–H and O–H groups in total. The van der Waals surface area contributed by atoms with Gasteiger partial charge in [-0.2, -0.15) is 5.26 Å². The van der Waals surface area contributed by atoms with E-state index in [0.29, 0.717) is 5.92 Å². The summed E-state index contributed by atoms with van der Waals surface area (Å²) in [5.41, 5.74) is -0.653. The van der Waals surface area contributed by atoms with Gasteiger partial charge in [0.05, 0.1) is 6.07 Å². The van der Waals surface area contributed by atoms with Crippen molar-refractivity contribution in [2.75, 3.05) is 33.7 Å². The second-order valence-electron chi connectivity index (χ2n) is 5.63. The van der Waals surface area contributed by atoms with Crippen LogP contribution in [-0.2, 0) is 4.79 Å². The molecule has 0 spiro atoms. The molecule has 1 aliphatic heterocycles. The van der Waals surface area contributed by atoms with E-state index in [0.717, 1.165) is 45.3 Å². The molecule has 17 heavy (non-hydrogen) atoms. The summed E-state index contributed by atoms with van der Waals surface area (Å²) in [5, 5.41) is 9.01. The fourth-order valence-electron chi connectivity index (χ4n) is 2.58. The summed E-state index contributed by atoms with van der Waals surface area (Å²) in [6, 6.07) is 2.18. The van der Waals surface area contributed by atoms with Crippen molar-refractivity contribution in [1.29, 1.82) is 5.26 Å². The number of nitrogens with zero attached hydrogens (tertiary/aromatic N) is 3. The first-order valence-electron chi connectivity index (χ1n) is 6.43. The van der Waals surface area contributed by atoms with Crippen LogP contribution in [0.15, 0.2) is 0 Å². The van der Waals surface area contributed by atoms with E-state index < -0.39 is 5.41 Å². The average molecular weight is 235 g/mol. The number of carbonyl (C=O) groups is 1. The van der Waals surface area contributed by atoms with Gasteiger partial charge >= 0.3 is 0 Å². The molecule has 0 bridgehead atoms. The van der Waals surface area contributed by atoms with Crippen molar-refractivity contribution >= 4 is 5.91 Å². The van der Waals surface area contributed by atoms with E-state index in [1.54, 1.807) is 4.90 Å². The standard InChI is InChI=1S/C13H21N3O/c1-15-7-3-11(4-8-15)9-16(2)12(17)13(10-14)5-6-13/h11H,3-9H2,1-2H3. The van der Waals surface area contributed by atoms with Gasteiger partial charge < -0.3 is 9.80 Å². The zero-order valence-electron chi connectivity index (χ0n) is 10.8. The Balaban J connectivity index is 1.83. The summed E-state index contributed by atoms with van der Waals surface area (Å²) in [5.74, 6) is 0.647. The predicted molar refractivity (Wildman–Crippen MR) is 65.1 cm³/mol. The highest BCUT2D eigenvalue weighted by Gasteiger charge is 2.52. The molecule has 0 atom stereocenters.